The van der Waals surface area contributed by atoms with Gasteiger partial charge in [0, 0.05) is 56.2 Å². The highest BCUT2D eigenvalue weighted by molar-refractivity contribution is 6.32. The molecule has 3 atom stereocenters. The molecule has 3 aromatic heterocycles. The Bertz CT molecular complexity index is 1870. The smallest absolute Gasteiger partial charge is 0.256 e. The topological polar surface area (TPSA) is 186 Å². The summed E-state index contributed by atoms with van der Waals surface area (Å²) in [6.07, 6.45) is 14.5. The van der Waals surface area contributed by atoms with Gasteiger partial charge < -0.3 is 47.9 Å². The maximum Gasteiger partial charge on any atom is 0.256 e. The average molecular weight is 899 g/mol. The molecular weight excluding hydrogens is 836 g/mol. The van der Waals surface area contributed by atoms with Gasteiger partial charge in [-0.25, -0.2) is 14.6 Å². The van der Waals surface area contributed by atoms with Gasteiger partial charge in [0.05, 0.1) is 110 Å². The standard InChI is InChI=1S/C43H63ClN10O9/c1-32(27-52-31-47-50-51-52)63-41-24-33(4-11-39(41)44)34-25-45-43(46-26-34)48-40-28-53(35-5-7-36(8-6-35)54-37-9-10-38(54)30-61-29-37)49-42(40)62-13-3-12-56-16-17-58-20-21-60-23-22-59-19-18-57-15-14-55-2/h4,11,24-26,28,31-32,35-38H,3,5-10,12-23,27,29-30H2,1-2H3,(H,45,46,48)/t32-,35?,36?,37-,38+/m0/s1. The minimum Gasteiger partial charge on any atom is -0.487 e. The number of tetrazole rings is 1. The van der Waals surface area contributed by atoms with Crippen molar-refractivity contribution in [3.63, 3.8) is 0 Å². The lowest BCUT2D eigenvalue weighted by molar-refractivity contribution is -0.0458. The Kier molecular flexibility index (Phi) is 19.0. The maximum absolute atomic E-state index is 6.51. The first-order valence-corrected chi connectivity index (χ1v) is 22.6. The van der Waals surface area contributed by atoms with Crippen molar-refractivity contribution < 1.29 is 42.6 Å². The lowest BCUT2D eigenvalue weighted by Gasteiger charge is -2.43. The van der Waals surface area contributed by atoms with Crippen LogP contribution in [0.3, 0.4) is 0 Å². The van der Waals surface area contributed by atoms with Crippen LogP contribution in [0.25, 0.3) is 11.1 Å². The molecule has 7 rings (SSSR count). The fourth-order valence-electron chi connectivity index (χ4n) is 8.30. The number of rotatable bonds is 29. The minimum absolute atomic E-state index is 0.222. The molecule has 346 valence electrons. The number of fused-ring (bicyclic) bond motifs is 2. The molecule has 3 aliphatic rings. The van der Waals surface area contributed by atoms with Gasteiger partial charge in [0.25, 0.3) is 5.88 Å². The monoisotopic (exact) mass is 898 g/mol. The molecule has 2 aliphatic heterocycles. The summed E-state index contributed by atoms with van der Waals surface area (Å²) in [5.74, 6) is 1.49. The molecule has 1 N–H and O–H groups in total. The molecule has 2 bridgehead atoms. The van der Waals surface area contributed by atoms with Crippen LogP contribution >= 0.6 is 11.6 Å². The molecular formula is C43H63ClN10O9. The number of morpholine rings is 1. The zero-order valence-electron chi connectivity index (χ0n) is 36.6. The molecule has 1 saturated carbocycles. The Labute approximate surface area is 374 Å². The van der Waals surface area contributed by atoms with Crippen LogP contribution in [-0.4, -0.2) is 169 Å². The molecule has 19 nitrogen and oxygen atoms in total. The molecule has 0 amide bonds. The maximum atomic E-state index is 6.51. The molecule has 1 aliphatic carbocycles. The van der Waals surface area contributed by atoms with Crippen LogP contribution in [0.4, 0.5) is 11.6 Å². The number of benzene rings is 1. The number of halogens is 1. The number of nitrogens with zero attached hydrogens (tertiary/aromatic N) is 9. The molecule has 3 fully saturated rings. The van der Waals surface area contributed by atoms with Gasteiger partial charge in [0.15, 0.2) is 0 Å². The van der Waals surface area contributed by atoms with E-state index < -0.39 is 0 Å². The van der Waals surface area contributed by atoms with Gasteiger partial charge in [0.2, 0.25) is 5.95 Å². The van der Waals surface area contributed by atoms with E-state index in [0.717, 1.165) is 50.0 Å². The highest BCUT2D eigenvalue weighted by Crippen LogP contribution is 2.40. The summed E-state index contributed by atoms with van der Waals surface area (Å²) in [6, 6.07) is 7.62. The quantitative estimate of drug-likeness (QED) is 0.0715. The molecule has 4 aromatic rings. The van der Waals surface area contributed by atoms with Crippen LogP contribution in [0.15, 0.2) is 43.1 Å². The second kappa shape index (κ2) is 25.4. The van der Waals surface area contributed by atoms with Gasteiger partial charge >= 0.3 is 0 Å². The SMILES string of the molecule is COCCOCCOCCOCCOCCOCCCOc1nn(C2CCC(N3[C@@H]4CC[C@H]3COC4)CC2)cc1Nc1ncc(-c2ccc(Cl)c(O[C@@H](C)Cn3cnnn3)c2)cn1. The van der Waals surface area contributed by atoms with Gasteiger partial charge in [0.1, 0.15) is 23.9 Å². The first kappa shape index (κ1) is 46.9. The average Bonchev–Trinajstić information content (AvgIpc) is 4.03. The van der Waals surface area contributed by atoms with Crippen LogP contribution in [0, 0.1) is 0 Å². The molecule has 0 unspecified atom stereocenters. The minimum atomic E-state index is -0.222. The van der Waals surface area contributed by atoms with Crippen LogP contribution in [-0.2, 0) is 39.7 Å². The van der Waals surface area contributed by atoms with Gasteiger partial charge in [-0.3, -0.25) is 9.58 Å². The number of hydrogen-bond acceptors (Lipinski definition) is 17. The third-order valence-corrected chi connectivity index (χ3v) is 11.7. The van der Waals surface area contributed by atoms with Crippen molar-refractivity contribution in [3.05, 3.63) is 48.1 Å². The summed E-state index contributed by atoms with van der Waals surface area (Å²) in [7, 11) is 1.65. The van der Waals surface area contributed by atoms with Crippen molar-refractivity contribution in [2.75, 3.05) is 105 Å². The first-order chi connectivity index (χ1) is 31.0. The van der Waals surface area contributed by atoms with Crippen LogP contribution in [0.5, 0.6) is 11.6 Å². The summed E-state index contributed by atoms with van der Waals surface area (Å²) in [5, 5.41) is 20.1. The zero-order valence-corrected chi connectivity index (χ0v) is 37.3. The van der Waals surface area contributed by atoms with Crippen LogP contribution in [0.2, 0.25) is 5.02 Å². The van der Waals surface area contributed by atoms with E-state index in [0.29, 0.717) is 139 Å². The fourth-order valence-corrected chi connectivity index (χ4v) is 8.46. The number of hydrogen-bond donors (Lipinski definition) is 1. The van der Waals surface area contributed by atoms with Gasteiger partial charge in [-0.2, -0.15) is 0 Å². The summed E-state index contributed by atoms with van der Waals surface area (Å²) < 4.78 is 54.7. The number of methoxy groups -OCH3 is 1. The third-order valence-electron chi connectivity index (χ3n) is 11.4. The molecule has 63 heavy (non-hydrogen) atoms. The van der Waals surface area contributed by atoms with E-state index in [1.165, 1.54) is 12.8 Å². The lowest BCUT2D eigenvalue weighted by atomic mass is 9.89. The highest BCUT2D eigenvalue weighted by Gasteiger charge is 2.42. The highest BCUT2D eigenvalue weighted by atomic mass is 35.5. The molecule has 0 spiro atoms. The van der Waals surface area contributed by atoms with Gasteiger partial charge in [-0.05, 0) is 73.6 Å². The second-order valence-electron chi connectivity index (χ2n) is 15.9. The van der Waals surface area contributed by atoms with Crippen LogP contribution in [0.1, 0.15) is 57.9 Å². The normalized spacial score (nSPS) is 20.6. The predicted octanol–water partition coefficient (Wildman–Crippen LogP) is 5.04. The number of aromatic nitrogens is 8. The Hall–Kier alpha value is -4.05. The fraction of sp³-hybridized carbons (Fsp3) is 0.674. The zero-order chi connectivity index (χ0) is 43.5. The van der Waals surface area contributed by atoms with Crippen LogP contribution < -0.4 is 14.8 Å². The van der Waals surface area contributed by atoms with Crippen molar-refractivity contribution in [1.82, 2.24) is 44.9 Å². The van der Waals surface area contributed by atoms with E-state index in [2.05, 4.69) is 40.4 Å². The number of anilines is 2. The molecule has 1 aromatic carbocycles. The third kappa shape index (κ3) is 14.5. The van der Waals surface area contributed by atoms with Crippen molar-refractivity contribution in [2.24, 2.45) is 0 Å². The Balaban J connectivity index is 0.870. The summed E-state index contributed by atoms with van der Waals surface area (Å²) in [5.41, 5.74) is 2.39. The Morgan fingerprint density at radius 3 is 2.02 bits per heavy atom. The van der Waals surface area contributed by atoms with E-state index in [1.807, 2.05) is 25.3 Å². The number of nitrogens with one attached hydrogen (secondary N) is 1. The van der Waals surface area contributed by atoms with Crippen molar-refractivity contribution >= 4 is 23.2 Å². The predicted molar refractivity (Wildman–Crippen MR) is 233 cm³/mol. The van der Waals surface area contributed by atoms with E-state index in [-0.39, 0.29) is 12.1 Å². The Morgan fingerprint density at radius 2 is 1.38 bits per heavy atom. The van der Waals surface area contributed by atoms with Gasteiger partial charge in [-0.15, -0.1) is 10.2 Å². The lowest BCUT2D eigenvalue weighted by Crippen LogP contribution is -2.52. The van der Waals surface area contributed by atoms with Crippen molar-refractivity contribution in [3.8, 4) is 22.8 Å². The molecule has 0 radical (unpaired) electrons. The van der Waals surface area contributed by atoms with E-state index >= 15 is 0 Å². The summed E-state index contributed by atoms with van der Waals surface area (Å²) in [6.45, 7) is 10.3. The van der Waals surface area contributed by atoms with E-state index in [9.17, 15) is 0 Å². The largest absolute Gasteiger partial charge is 0.487 e. The second-order valence-corrected chi connectivity index (χ2v) is 16.3. The summed E-state index contributed by atoms with van der Waals surface area (Å²) >= 11 is 6.51. The molecule has 2 saturated heterocycles. The molecule has 5 heterocycles. The Morgan fingerprint density at radius 1 is 0.762 bits per heavy atom. The molecule has 20 heteroatoms. The van der Waals surface area contributed by atoms with Gasteiger partial charge in [-0.1, -0.05) is 17.7 Å². The van der Waals surface area contributed by atoms with E-state index in [4.69, 9.17) is 59.3 Å². The van der Waals surface area contributed by atoms with Crippen molar-refractivity contribution in [2.45, 2.75) is 88.7 Å². The first-order valence-electron chi connectivity index (χ1n) is 22.2. The summed E-state index contributed by atoms with van der Waals surface area (Å²) in [4.78, 5) is 12.1. The van der Waals surface area contributed by atoms with E-state index in [1.54, 1.807) is 36.6 Å². The number of ether oxygens (including phenoxy) is 9. The van der Waals surface area contributed by atoms with Crippen molar-refractivity contribution in [1.29, 1.82) is 0 Å².